The van der Waals surface area contributed by atoms with Gasteiger partial charge in [-0.05, 0) is 69.0 Å². The molecule has 35 heavy (non-hydrogen) atoms. The second-order valence-corrected chi connectivity index (χ2v) is 8.33. The van der Waals surface area contributed by atoms with E-state index in [0.29, 0.717) is 48.3 Å². The van der Waals surface area contributed by atoms with Crippen molar-refractivity contribution >= 4 is 11.8 Å². The molecule has 0 aromatic heterocycles. The van der Waals surface area contributed by atoms with Gasteiger partial charge in [-0.25, -0.2) is 0 Å². The van der Waals surface area contributed by atoms with Crippen LogP contribution >= 0.6 is 0 Å². The normalized spacial score (nSPS) is 13.2. The summed E-state index contributed by atoms with van der Waals surface area (Å²) in [5.41, 5.74) is 1.42. The lowest BCUT2D eigenvalue weighted by atomic mass is 10.1. The summed E-state index contributed by atoms with van der Waals surface area (Å²) in [6.07, 6.45) is 3.23. The van der Waals surface area contributed by atoms with Gasteiger partial charge in [-0.3, -0.25) is 9.59 Å². The molecule has 2 aromatic carbocycles. The molecule has 3 rings (SSSR count). The fourth-order valence-corrected chi connectivity index (χ4v) is 4.11. The lowest BCUT2D eigenvalue weighted by molar-refractivity contribution is -0.134. The van der Waals surface area contributed by atoms with Gasteiger partial charge in [0.25, 0.3) is 11.8 Å². The van der Waals surface area contributed by atoms with Crippen LogP contribution in [0.1, 0.15) is 49.0 Å². The smallest absolute Gasteiger partial charge is 0.260 e. The van der Waals surface area contributed by atoms with E-state index in [1.807, 2.05) is 36.9 Å². The van der Waals surface area contributed by atoms with E-state index in [4.69, 9.17) is 18.9 Å². The van der Waals surface area contributed by atoms with Gasteiger partial charge in [0.15, 0.2) is 29.6 Å². The van der Waals surface area contributed by atoms with Crippen LogP contribution in [0.5, 0.6) is 23.0 Å². The highest BCUT2D eigenvalue weighted by Gasteiger charge is 2.20. The summed E-state index contributed by atoms with van der Waals surface area (Å²) >= 11 is 0. The first-order chi connectivity index (χ1) is 17.0. The average molecular weight is 485 g/mol. The number of amides is 2. The van der Waals surface area contributed by atoms with E-state index in [0.717, 1.165) is 37.9 Å². The van der Waals surface area contributed by atoms with E-state index < -0.39 is 0 Å². The second kappa shape index (κ2) is 12.9. The monoisotopic (exact) mass is 484 g/mol. The molecule has 1 aliphatic heterocycles. The van der Waals surface area contributed by atoms with Crippen molar-refractivity contribution < 1.29 is 28.5 Å². The molecular weight excluding hydrogens is 448 g/mol. The number of benzene rings is 2. The summed E-state index contributed by atoms with van der Waals surface area (Å²) in [5, 5.41) is 0. The Labute approximate surface area is 207 Å². The van der Waals surface area contributed by atoms with Crippen molar-refractivity contribution in [3.05, 3.63) is 47.5 Å². The van der Waals surface area contributed by atoms with Crippen LogP contribution in [0.2, 0.25) is 0 Å². The molecule has 0 atom stereocenters. The van der Waals surface area contributed by atoms with Crippen molar-refractivity contribution in [3.63, 3.8) is 0 Å². The third-order valence-electron chi connectivity index (χ3n) is 6.04. The Morgan fingerprint density at radius 2 is 1.57 bits per heavy atom. The van der Waals surface area contributed by atoms with Gasteiger partial charge in [0.05, 0.1) is 20.8 Å². The first-order valence-electron chi connectivity index (χ1n) is 12.2. The van der Waals surface area contributed by atoms with E-state index in [-0.39, 0.29) is 18.4 Å². The molecule has 1 aliphatic rings. The predicted octanol–water partition coefficient (Wildman–Crippen LogP) is 4.16. The quantitative estimate of drug-likeness (QED) is 0.477. The van der Waals surface area contributed by atoms with Crippen LogP contribution in [0, 0.1) is 0 Å². The topological polar surface area (TPSA) is 77.5 Å². The maximum atomic E-state index is 13.3. The number of piperidine rings is 1. The van der Waals surface area contributed by atoms with Crippen molar-refractivity contribution in [1.82, 2.24) is 9.80 Å². The van der Waals surface area contributed by atoms with E-state index in [1.54, 1.807) is 37.3 Å². The molecule has 1 saturated heterocycles. The highest BCUT2D eigenvalue weighted by atomic mass is 16.5. The number of ether oxygens (including phenoxy) is 4. The molecule has 8 heteroatoms. The molecule has 1 fully saturated rings. The van der Waals surface area contributed by atoms with Crippen LogP contribution in [-0.4, -0.2) is 68.7 Å². The van der Waals surface area contributed by atoms with Crippen LogP contribution in [0.15, 0.2) is 36.4 Å². The lowest BCUT2D eigenvalue weighted by Crippen LogP contribution is -2.38. The summed E-state index contributed by atoms with van der Waals surface area (Å²) in [6.45, 7) is 6.67. The molecule has 0 N–H and O–H groups in total. The van der Waals surface area contributed by atoms with E-state index >= 15 is 0 Å². The molecule has 2 aromatic rings. The molecule has 0 spiro atoms. The molecule has 0 bridgehead atoms. The van der Waals surface area contributed by atoms with Crippen LogP contribution in [-0.2, 0) is 11.3 Å². The second-order valence-electron chi connectivity index (χ2n) is 8.33. The summed E-state index contributed by atoms with van der Waals surface area (Å²) in [4.78, 5) is 29.4. The number of hydrogen-bond donors (Lipinski definition) is 0. The summed E-state index contributed by atoms with van der Waals surface area (Å²) in [5.74, 6) is 2.01. The standard InChI is InChI=1S/C27H36N2O6/c1-5-28(18-20-10-12-22(32-3)24(16-20)33-4)27(31)21-11-13-23(25(17-21)34-6-2)35-19-26(30)29-14-8-7-9-15-29/h10-13,16-17H,5-9,14-15,18-19H2,1-4H3. The van der Waals surface area contributed by atoms with Crippen LogP contribution in [0.4, 0.5) is 0 Å². The van der Waals surface area contributed by atoms with Crippen molar-refractivity contribution in [2.24, 2.45) is 0 Å². The van der Waals surface area contributed by atoms with Crippen LogP contribution in [0.25, 0.3) is 0 Å². The van der Waals surface area contributed by atoms with Gasteiger partial charge in [0, 0.05) is 31.7 Å². The summed E-state index contributed by atoms with van der Waals surface area (Å²) in [7, 11) is 3.18. The number of methoxy groups -OCH3 is 2. The minimum atomic E-state index is -0.126. The van der Waals surface area contributed by atoms with Crippen molar-refractivity contribution in [1.29, 1.82) is 0 Å². The molecular formula is C27H36N2O6. The Kier molecular flexibility index (Phi) is 9.64. The Morgan fingerprint density at radius 3 is 2.23 bits per heavy atom. The number of nitrogens with zero attached hydrogens (tertiary/aromatic N) is 2. The minimum Gasteiger partial charge on any atom is -0.493 e. The molecule has 0 saturated carbocycles. The van der Waals surface area contributed by atoms with Crippen molar-refractivity contribution in [2.75, 3.05) is 47.1 Å². The zero-order valence-corrected chi connectivity index (χ0v) is 21.2. The fourth-order valence-electron chi connectivity index (χ4n) is 4.11. The van der Waals surface area contributed by atoms with Gasteiger partial charge in [-0.1, -0.05) is 6.07 Å². The zero-order chi connectivity index (χ0) is 25.2. The maximum Gasteiger partial charge on any atom is 0.260 e. The van der Waals surface area contributed by atoms with Crippen molar-refractivity contribution in [3.8, 4) is 23.0 Å². The number of rotatable bonds is 11. The third kappa shape index (κ3) is 6.81. The van der Waals surface area contributed by atoms with E-state index in [2.05, 4.69) is 0 Å². The van der Waals surface area contributed by atoms with Gasteiger partial charge in [-0.2, -0.15) is 0 Å². The van der Waals surface area contributed by atoms with Gasteiger partial charge >= 0.3 is 0 Å². The van der Waals surface area contributed by atoms with E-state index in [9.17, 15) is 9.59 Å². The summed E-state index contributed by atoms with van der Waals surface area (Å²) in [6, 6.07) is 10.7. The SMILES string of the molecule is CCOc1cc(C(=O)N(CC)Cc2ccc(OC)c(OC)c2)ccc1OCC(=O)N1CCCCC1. The number of likely N-dealkylation sites (tertiary alicyclic amines) is 1. The zero-order valence-electron chi connectivity index (χ0n) is 21.2. The first-order valence-corrected chi connectivity index (χ1v) is 12.2. The highest BCUT2D eigenvalue weighted by molar-refractivity contribution is 5.95. The van der Waals surface area contributed by atoms with E-state index in [1.165, 1.54) is 0 Å². The number of carbonyl (C=O) groups excluding carboxylic acids is 2. The molecule has 190 valence electrons. The largest absolute Gasteiger partial charge is 0.493 e. The lowest BCUT2D eigenvalue weighted by Gasteiger charge is -2.26. The number of hydrogen-bond acceptors (Lipinski definition) is 6. The predicted molar refractivity (Wildman–Crippen MR) is 133 cm³/mol. The Morgan fingerprint density at radius 1 is 0.857 bits per heavy atom. The highest BCUT2D eigenvalue weighted by Crippen LogP contribution is 2.31. The Bertz CT molecular complexity index is 1000. The van der Waals surface area contributed by atoms with Crippen LogP contribution < -0.4 is 18.9 Å². The first kappa shape index (κ1) is 26.2. The molecule has 8 nitrogen and oxygen atoms in total. The van der Waals surface area contributed by atoms with Gasteiger partial charge < -0.3 is 28.7 Å². The minimum absolute atomic E-state index is 0.0284. The molecule has 0 aliphatic carbocycles. The van der Waals surface area contributed by atoms with Gasteiger partial charge in [0.1, 0.15) is 0 Å². The number of carbonyl (C=O) groups is 2. The fraction of sp³-hybridized carbons (Fsp3) is 0.481. The Balaban J connectivity index is 1.72. The molecule has 2 amide bonds. The van der Waals surface area contributed by atoms with Crippen molar-refractivity contribution in [2.45, 2.75) is 39.7 Å². The maximum absolute atomic E-state index is 13.3. The average Bonchev–Trinajstić information content (AvgIpc) is 2.90. The third-order valence-corrected chi connectivity index (χ3v) is 6.04. The Hall–Kier alpha value is -3.42. The molecule has 0 unspecified atom stereocenters. The summed E-state index contributed by atoms with van der Waals surface area (Å²) < 4.78 is 22.2. The molecule has 0 radical (unpaired) electrons. The van der Waals surface area contributed by atoms with Gasteiger partial charge in [0.2, 0.25) is 0 Å². The van der Waals surface area contributed by atoms with Gasteiger partial charge in [-0.15, -0.1) is 0 Å². The van der Waals surface area contributed by atoms with Crippen LogP contribution in [0.3, 0.4) is 0 Å². The molecule has 1 heterocycles.